The van der Waals surface area contributed by atoms with Crippen LogP contribution in [0, 0.1) is 0 Å². The first-order chi connectivity index (χ1) is 8.18. The molecule has 0 bridgehead atoms. The minimum atomic E-state index is 0.207. The fraction of sp³-hybridized carbons (Fsp3) is 0.462. The Morgan fingerprint density at radius 1 is 1.41 bits per heavy atom. The largest absolute Gasteiger partial charge is 0.314 e. The first-order valence-electron chi connectivity index (χ1n) is 5.91. The highest BCUT2D eigenvalue weighted by Gasteiger charge is 2.20. The average molecular weight is 249 g/mol. The van der Waals surface area contributed by atoms with E-state index in [1.165, 1.54) is 4.88 Å². The zero-order chi connectivity index (χ0) is 12.1. The third-order valence-electron chi connectivity index (χ3n) is 2.83. The average Bonchev–Trinajstić information content (AvgIpc) is 2.97. The van der Waals surface area contributed by atoms with Gasteiger partial charge in [0.1, 0.15) is 0 Å². The molecule has 0 unspecified atom stereocenters. The van der Waals surface area contributed by atoms with Gasteiger partial charge in [0.15, 0.2) is 0 Å². The maximum Gasteiger partial charge on any atom is 0.0533 e. The molecule has 0 aliphatic carbocycles. The van der Waals surface area contributed by atoms with Crippen molar-refractivity contribution < 1.29 is 0 Å². The van der Waals surface area contributed by atoms with Gasteiger partial charge in [0.25, 0.3) is 0 Å². The lowest BCUT2D eigenvalue weighted by Gasteiger charge is -2.23. The lowest BCUT2D eigenvalue weighted by molar-refractivity contribution is 0.457. The number of hydrogen-bond donors (Lipinski definition) is 1. The molecule has 92 valence electrons. The van der Waals surface area contributed by atoms with Crippen LogP contribution in [-0.2, 0) is 12.0 Å². The Morgan fingerprint density at radius 2 is 2.29 bits per heavy atom. The maximum absolute atomic E-state index is 4.18. The number of nitrogens with one attached hydrogen (secondary N) is 1. The SMILES string of the molecule is CC(C)(CNCCn1cccn1)c1cccs1. The van der Waals surface area contributed by atoms with Crippen LogP contribution in [0.2, 0.25) is 0 Å². The summed E-state index contributed by atoms with van der Waals surface area (Å²) in [6.07, 6.45) is 3.81. The van der Waals surface area contributed by atoms with Crippen molar-refractivity contribution >= 4 is 11.3 Å². The van der Waals surface area contributed by atoms with Crippen molar-refractivity contribution in [3.05, 3.63) is 40.8 Å². The third kappa shape index (κ3) is 3.41. The molecule has 0 spiro atoms. The minimum absolute atomic E-state index is 0.207. The van der Waals surface area contributed by atoms with Gasteiger partial charge in [0.2, 0.25) is 0 Å². The van der Waals surface area contributed by atoms with Crippen LogP contribution >= 0.6 is 11.3 Å². The fourth-order valence-corrected chi connectivity index (χ4v) is 2.63. The predicted molar refractivity (Wildman–Crippen MR) is 72.4 cm³/mol. The van der Waals surface area contributed by atoms with Crippen LogP contribution in [0.4, 0.5) is 0 Å². The molecule has 0 radical (unpaired) electrons. The van der Waals surface area contributed by atoms with Gasteiger partial charge in [0, 0.05) is 35.8 Å². The number of hydrogen-bond acceptors (Lipinski definition) is 3. The second kappa shape index (κ2) is 5.47. The highest BCUT2D eigenvalue weighted by Crippen LogP contribution is 2.26. The Labute approximate surface area is 106 Å². The van der Waals surface area contributed by atoms with E-state index in [0.29, 0.717) is 0 Å². The topological polar surface area (TPSA) is 29.9 Å². The van der Waals surface area contributed by atoms with Crippen molar-refractivity contribution in [2.75, 3.05) is 13.1 Å². The third-order valence-corrected chi connectivity index (χ3v) is 4.07. The summed E-state index contributed by atoms with van der Waals surface area (Å²) >= 11 is 1.83. The second-order valence-electron chi connectivity index (χ2n) is 4.81. The van der Waals surface area contributed by atoms with Gasteiger partial charge in [-0.05, 0) is 17.5 Å². The molecule has 3 nitrogen and oxygen atoms in total. The number of rotatable bonds is 6. The number of aromatic nitrogens is 2. The van der Waals surface area contributed by atoms with E-state index < -0.39 is 0 Å². The molecule has 4 heteroatoms. The molecule has 2 rings (SSSR count). The van der Waals surface area contributed by atoms with Crippen molar-refractivity contribution in [1.29, 1.82) is 0 Å². The van der Waals surface area contributed by atoms with Gasteiger partial charge < -0.3 is 5.32 Å². The lowest BCUT2D eigenvalue weighted by atomic mass is 9.91. The van der Waals surface area contributed by atoms with E-state index >= 15 is 0 Å². The van der Waals surface area contributed by atoms with Crippen LogP contribution in [0.3, 0.4) is 0 Å². The Morgan fingerprint density at radius 3 is 2.94 bits per heavy atom. The van der Waals surface area contributed by atoms with Crippen molar-refractivity contribution in [1.82, 2.24) is 15.1 Å². The van der Waals surface area contributed by atoms with Gasteiger partial charge in [-0.1, -0.05) is 19.9 Å². The number of thiophene rings is 1. The highest BCUT2D eigenvalue weighted by atomic mass is 32.1. The Hall–Kier alpha value is -1.13. The highest BCUT2D eigenvalue weighted by molar-refractivity contribution is 7.10. The molecule has 0 atom stereocenters. The molecule has 2 aromatic heterocycles. The summed E-state index contributed by atoms with van der Waals surface area (Å²) < 4.78 is 1.95. The lowest BCUT2D eigenvalue weighted by Crippen LogP contribution is -2.34. The van der Waals surface area contributed by atoms with Crippen LogP contribution < -0.4 is 5.32 Å². The van der Waals surface area contributed by atoms with E-state index in [2.05, 4.69) is 41.8 Å². The summed E-state index contributed by atoms with van der Waals surface area (Å²) in [7, 11) is 0. The maximum atomic E-state index is 4.18. The van der Waals surface area contributed by atoms with E-state index in [9.17, 15) is 0 Å². The monoisotopic (exact) mass is 249 g/mol. The summed E-state index contributed by atoms with van der Waals surface area (Å²) in [5.74, 6) is 0. The molecule has 0 saturated heterocycles. The molecular weight excluding hydrogens is 230 g/mol. The zero-order valence-corrected chi connectivity index (χ0v) is 11.2. The van der Waals surface area contributed by atoms with Crippen LogP contribution in [0.25, 0.3) is 0 Å². The number of nitrogens with zero attached hydrogens (tertiary/aromatic N) is 2. The van der Waals surface area contributed by atoms with Crippen LogP contribution in [-0.4, -0.2) is 22.9 Å². The van der Waals surface area contributed by atoms with Crippen molar-refractivity contribution in [3.63, 3.8) is 0 Å². The molecule has 1 N–H and O–H groups in total. The smallest absolute Gasteiger partial charge is 0.0533 e. The van der Waals surface area contributed by atoms with Crippen LogP contribution in [0.1, 0.15) is 18.7 Å². The normalized spacial score (nSPS) is 11.9. The summed E-state index contributed by atoms with van der Waals surface area (Å²) in [5, 5.41) is 9.82. The van der Waals surface area contributed by atoms with E-state index in [0.717, 1.165) is 19.6 Å². The molecule has 2 aromatic rings. The van der Waals surface area contributed by atoms with Gasteiger partial charge >= 0.3 is 0 Å². The Balaban J connectivity index is 1.75. The molecule has 0 saturated carbocycles. The Bertz CT molecular complexity index is 417. The van der Waals surface area contributed by atoms with Gasteiger partial charge in [-0.3, -0.25) is 4.68 Å². The first kappa shape index (κ1) is 12.3. The predicted octanol–water partition coefficient (Wildman–Crippen LogP) is 2.51. The van der Waals surface area contributed by atoms with E-state index in [-0.39, 0.29) is 5.41 Å². The fourth-order valence-electron chi connectivity index (χ4n) is 1.78. The van der Waals surface area contributed by atoms with E-state index in [4.69, 9.17) is 0 Å². The quantitative estimate of drug-likeness (QED) is 0.797. The molecule has 17 heavy (non-hydrogen) atoms. The molecule has 0 aliphatic heterocycles. The molecule has 0 aromatic carbocycles. The molecule has 0 amide bonds. The Kier molecular flexibility index (Phi) is 3.97. The van der Waals surface area contributed by atoms with Gasteiger partial charge in [-0.15, -0.1) is 11.3 Å². The van der Waals surface area contributed by atoms with Crippen LogP contribution in [0.5, 0.6) is 0 Å². The van der Waals surface area contributed by atoms with E-state index in [1.54, 1.807) is 0 Å². The zero-order valence-electron chi connectivity index (χ0n) is 10.4. The van der Waals surface area contributed by atoms with Gasteiger partial charge in [0.05, 0.1) is 6.54 Å². The van der Waals surface area contributed by atoms with Crippen molar-refractivity contribution in [3.8, 4) is 0 Å². The molecule has 0 fully saturated rings. The molecular formula is C13H19N3S. The van der Waals surface area contributed by atoms with Gasteiger partial charge in [-0.2, -0.15) is 5.10 Å². The summed E-state index contributed by atoms with van der Waals surface area (Å²) in [6.45, 7) is 7.43. The summed E-state index contributed by atoms with van der Waals surface area (Å²) in [6, 6.07) is 6.28. The second-order valence-corrected chi connectivity index (χ2v) is 5.75. The standard InChI is InChI=1S/C13H19N3S/c1-13(2,12-5-3-10-17-12)11-14-7-9-16-8-4-6-15-16/h3-6,8,10,14H,7,9,11H2,1-2H3. The molecule has 2 heterocycles. The minimum Gasteiger partial charge on any atom is -0.314 e. The summed E-state index contributed by atoms with van der Waals surface area (Å²) in [5.41, 5.74) is 0.207. The van der Waals surface area contributed by atoms with E-state index in [1.807, 2.05) is 34.5 Å². The first-order valence-corrected chi connectivity index (χ1v) is 6.78. The summed E-state index contributed by atoms with van der Waals surface area (Å²) in [4.78, 5) is 1.43. The van der Waals surface area contributed by atoms with Crippen molar-refractivity contribution in [2.24, 2.45) is 0 Å². The molecule has 0 aliphatic rings. The van der Waals surface area contributed by atoms with Crippen LogP contribution in [0.15, 0.2) is 36.0 Å². The van der Waals surface area contributed by atoms with Gasteiger partial charge in [-0.25, -0.2) is 0 Å². The van der Waals surface area contributed by atoms with Crippen molar-refractivity contribution in [2.45, 2.75) is 25.8 Å².